The molecule has 0 unspecified atom stereocenters. The summed E-state index contributed by atoms with van der Waals surface area (Å²) in [6, 6.07) is 6.07. The van der Waals surface area contributed by atoms with Crippen LogP contribution in [0.3, 0.4) is 0 Å². The predicted octanol–water partition coefficient (Wildman–Crippen LogP) is 5.51. The smallest absolute Gasteiger partial charge is 0.414 e. The Morgan fingerprint density at radius 1 is 0.953 bits per heavy atom. The number of guanidine groups is 1. The standard InChI is InChI=1S/C33H49N5O5/c1-36(26-12-5-2-6-13-26)30(39)16-11-21-42-28-17-18-29-25(22-28)23-38(24-31(40)37-19-9-4-10-20-37)32(34-29)35-33(41)43-27-14-7-3-8-15-27/h17-18,22,26-27H,2-16,19-21,23-24H2,1H3,(H,34,35,41). The lowest BCUT2D eigenvalue weighted by molar-refractivity contribution is -0.133. The molecule has 0 bridgehead atoms. The number of hydrogen-bond acceptors (Lipinski definition) is 7. The Balaban J connectivity index is 1.19. The molecule has 10 heteroatoms. The highest BCUT2D eigenvalue weighted by molar-refractivity contribution is 5.98. The van der Waals surface area contributed by atoms with Crippen LogP contribution >= 0.6 is 0 Å². The monoisotopic (exact) mass is 595 g/mol. The number of rotatable bonds is 9. The first-order valence-electron chi connectivity index (χ1n) is 16.6. The van der Waals surface area contributed by atoms with Crippen molar-refractivity contribution in [1.82, 2.24) is 20.0 Å². The Bertz CT molecular complexity index is 1140. The molecule has 10 nitrogen and oxygen atoms in total. The SMILES string of the molecule is CN(C(=O)CCCOc1ccc2c(c1)CN(CC(=O)N1CCCCC1)C(NC(=O)OC1CCCCC1)=N2)C1CCCCC1. The number of likely N-dealkylation sites (tertiary alicyclic amines) is 1. The third-order valence-corrected chi connectivity index (χ3v) is 9.33. The van der Waals surface area contributed by atoms with Gasteiger partial charge < -0.3 is 24.2 Å². The molecule has 1 saturated heterocycles. The maximum atomic E-state index is 13.2. The number of benzene rings is 1. The van der Waals surface area contributed by atoms with Crippen LogP contribution in [0.25, 0.3) is 0 Å². The number of ether oxygens (including phenoxy) is 2. The Labute approximate surface area is 256 Å². The van der Waals surface area contributed by atoms with Gasteiger partial charge in [0.25, 0.3) is 0 Å². The topological polar surface area (TPSA) is 104 Å². The minimum Gasteiger partial charge on any atom is -0.494 e. The zero-order valence-electron chi connectivity index (χ0n) is 25.9. The molecule has 3 amide bonds. The van der Waals surface area contributed by atoms with Crippen molar-refractivity contribution < 1.29 is 23.9 Å². The summed E-state index contributed by atoms with van der Waals surface area (Å²) >= 11 is 0. The van der Waals surface area contributed by atoms with Crippen LogP contribution in [0.15, 0.2) is 23.2 Å². The highest BCUT2D eigenvalue weighted by Crippen LogP contribution is 2.30. The molecule has 0 radical (unpaired) electrons. The summed E-state index contributed by atoms with van der Waals surface area (Å²) in [7, 11) is 1.93. The van der Waals surface area contributed by atoms with Gasteiger partial charge in [0.2, 0.25) is 17.8 Å². The molecule has 1 aromatic carbocycles. The van der Waals surface area contributed by atoms with Gasteiger partial charge in [0.1, 0.15) is 18.4 Å². The number of nitrogens with zero attached hydrogens (tertiary/aromatic N) is 4. The number of piperidine rings is 1. The number of carbonyl (C=O) groups excluding carboxylic acids is 3. The quantitative estimate of drug-likeness (QED) is 0.378. The van der Waals surface area contributed by atoms with Crippen LogP contribution in [-0.4, -0.2) is 84.0 Å². The molecule has 4 aliphatic rings. The molecule has 2 aliphatic heterocycles. The Morgan fingerprint density at radius 2 is 1.65 bits per heavy atom. The first-order chi connectivity index (χ1) is 21.0. The van der Waals surface area contributed by atoms with Gasteiger partial charge in [0.15, 0.2) is 0 Å². The second kappa shape index (κ2) is 15.4. The largest absolute Gasteiger partial charge is 0.494 e. The van der Waals surface area contributed by atoms with E-state index >= 15 is 0 Å². The Hall–Kier alpha value is -3.30. The molecule has 2 saturated carbocycles. The molecule has 1 aromatic rings. The molecule has 236 valence electrons. The van der Waals surface area contributed by atoms with Crippen LogP contribution in [-0.2, 0) is 20.9 Å². The minimum absolute atomic E-state index is 0.0357. The summed E-state index contributed by atoms with van der Waals surface area (Å²) in [5.74, 6) is 1.27. The molecule has 5 rings (SSSR count). The van der Waals surface area contributed by atoms with Crippen molar-refractivity contribution in [2.45, 2.75) is 115 Å². The summed E-state index contributed by atoms with van der Waals surface area (Å²) in [5.41, 5.74) is 1.65. The van der Waals surface area contributed by atoms with Gasteiger partial charge in [-0.15, -0.1) is 0 Å². The van der Waals surface area contributed by atoms with Gasteiger partial charge in [-0.2, -0.15) is 0 Å². The van der Waals surface area contributed by atoms with Gasteiger partial charge in [-0.05, 0) is 82.4 Å². The second-order valence-electron chi connectivity index (χ2n) is 12.6. The highest BCUT2D eigenvalue weighted by Gasteiger charge is 2.28. The first kappa shape index (κ1) is 31.1. The summed E-state index contributed by atoms with van der Waals surface area (Å²) in [4.78, 5) is 49.1. The molecule has 43 heavy (non-hydrogen) atoms. The third-order valence-electron chi connectivity index (χ3n) is 9.33. The first-order valence-corrected chi connectivity index (χ1v) is 16.6. The highest BCUT2D eigenvalue weighted by atomic mass is 16.6. The number of nitrogens with one attached hydrogen (secondary N) is 1. The fourth-order valence-corrected chi connectivity index (χ4v) is 6.71. The summed E-state index contributed by atoms with van der Waals surface area (Å²) in [6.07, 6.45) is 14.7. The van der Waals surface area contributed by atoms with E-state index in [1.165, 1.54) is 25.7 Å². The van der Waals surface area contributed by atoms with Crippen molar-refractivity contribution in [1.29, 1.82) is 0 Å². The number of alkyl carbamates (subject to hydrolysis) is 1. The van der Waals surface area contributed by atoms with E-state index in [1.54, 1.807) is 0 Å². The van der Waals surface area contributed by atoms with E-state index in [1.807, 2.05) is 39.9 Å². The Morgan fingerprint density at radius 3 is 2.40 bits per heavy atom. The zero-order chi connectivity index (χ0) is 30.0. The minimum atomic E-state index is -0.520. The van der Waals surface area contributed by atoms with E-state index in [-0.39, 0.29) is 24.5 Å². The number of amides is 3. The van der Waals surface area contributed by atoms with Crippen LogP contribution < -0.4 is 10.1 Å². The molecule has 3 fully saturated rings. The molecule has 1 N–H and O–H groups in total. The summed E-state index contributed by atoms with van der Waals surface area (Å²) in [6.45, 7) is 2.53. The van der Waals surface area contributed by atoms with Crippen LogP contribution in [0.5, 0.6) is 5.75 Å². The van der Waals surface area contributed by atoms with E-state index < -0.39 is 6.09 Å². The summed E-state index contributed by atoms with van der Waals surface area (Å²) < 4.78 is 11.7. The Kier molecular flexibility index (Phi) is 11.2. The summed E-state index contributed by atoms with van der Waals surface area (Å²) in [5, 5.41) is 2.84. The van der Waals surface area contributed by atoms with Crippen molar-refractivity contribution in [2.24, 2.45) is 4.99 Å². The lowest BCUT2D eigenvalue weighted by Gasteiger charge is -2.33. The van der Waals surface area contributed by atoms with Crippen LogP contribution in [0, 0.1) is 0 Å². The molecule has 0 spiro atoms. The van der Waals surface area contributed by atoms with Crippen molar-refractivity contribution in [2.75, 3.05) is 33.3 Å². The van der Waals surface area contributed by atoms with Crippen LogP contribution in [0.2, 0.25) is 0 Å². The number of carbonyl (C=O) groups is 3. The number of aliphatic imine (C=N–C) groups is 1. The van der Waals surface area contributed by atoms with Crippen molar-refractivity contribution in [3.05, 3.63) is 23.8 Å². The molecule has 2 heterocycles. The van der Waals surface area contributed by atoms with Crippen LogP contribution in [0.1, 0.15) is 102 Å². The van der Waals surface area contributed by atoms with E-state index in [9.17, 15) is 14.4 Å². The lowest BCUT2D eigenvalue weighted by atomic mass is 9.94. The van der Waals surface area contributed by atoms with E-state index in [0.717, 1.165) is 82.1 Å². The van der Waals surface area contributed by atoms with Gasteiger partial charge in [0, 0.05) is 44.7 Å². The third kappa shape index (κ3) is 8.86. The average Bonchev–Trinajstić information content (AvgIpc) is 3.04. The fourth-order valence-electron chi connectivity index (χ4n) is 6.71. The molecule has 2 aliphatic carbocycles. The van der Waals surface area contributed by atoms with Crippen molar-refractivity contribution in [3.8, 4) is 5.75 Å². The van der Waals surface area contributed by atoms with Gasteiger partial charge in [-0.3, -0.25) is 14.9 Å². The number of hydrogen-bond donors (Lipinski definition) is 1. The zero-order valence-corrected chi connectivity index (χ0v) is 25.9. The molecule has 0 atom stereocenters. The van der Waals surface area contributed by atoms with Gasteiger partial charge >= 0.3 is 6.09 Å². The second-order valence-corrected chi connectivity index (χ2v) is 12.6. The van der Waals surface area contributed by atoms with Gasteiger partial charge in [-0.1, -0.05) is 25.7 Å². The normalized spacial score (nSPS) is 19.7. The van der Waals surface area contributed by atoms with E-state index in [4.69, 9.17) is 14.5 Å². The predicted molar refractivity (Wildman–Crippen MR) is 165 cm³/mol. The molecular formula is C33H49N5O5. The van der Waals surface area contributed by atoms with Gasteiger partial charge in [0.05, 0.1) is 12.3 Å². The van der Waals surface area contributed by atoms with E-state index in [0.29, 0.717) is 43.7 Å². The molecular weight excluding hydrogens is 546 g/mol. The fraction of sp³-hybridized carbons (Fsp3) is 0.697. The average molecular weight is 596 g/mol. The lowest BCUT2D eigenvalue weighted by Crippen LogP contribution is -2.50. The maximum absolute atomic E-state index is 13.2. The van der Waals surface area contributed by atoms with E-state index in [2.05, 4.69) is 5.32 Å². The van der Waals surface area contributed by atoms with Crippen molar-refractivity contribution >= 4 is 29.6 Å². The molecule has 0 aromatic heterocycles. The van der Waals surface area contributed by atoms with Crippen molar-refractivity contribution in [3.63, 3.8) is 0 Å². The maximum Gasteiger partial charge on any atom is 0.414 e. The van der Waals surface area contributed by atoms with Gasteiger partial charge in [-0.25, -0.2) is 9.79 Å². The van der Waals surface area contributed by atoms with Crippen LogP contribution in [0.4, 0.5) is 10.5 Å². The number of fused-ring (bicyclic) bond motifs is 1.